The van der Waals surface area contributed by atoms with Gasteiger partial charge in [-0.1, -0.05) is 96.0 Å². The van der Waals surface area contributed by atoms with E-state index in [2.05, 4.69) is 101 Å². The van der Waals surface area contributed by atoms with E-state index in [1.54, 1.807) is 0 Å². The number of nitrogens with one attached hydrogen (secondary N) is 1. The Morgan fingerprint density at radius 2 is 1.73 bits per heavy atom. The molecule has 3 spiro atoms. The van der Waals surface area contributed by atoms with Gasteiger partial charge in [-0.3, -0.25) is 0 Å². The van der Waals surface area contributed by atoms with Crippen LogP contribution in [0.2, 0.25) is 0 Å². The quantitative estimate of drug-likeness (QED) is 0.222. The summed E-state index contributed by atoms with van der Waals surface area (Å²) in [7, 11) is 4.26. The molecule has 0 radical (unpaired) electrons. The van der Waals surface area contributed by atoms with E-state index >= 15 is 0 Å². The number of fused-ring (bicyclic) bond motifs is 5. The third kappa shape index (κ3) is 5.67. The Balaban J connectivity index is 1.22. The monoisotopic (exact) mass is 639 g/mol. The van der Waals surface area contributed by atoms with Gasteiger partial charge in [0.1, 0.15) is 5.75 Å². The van der Waals surface area contributed by atoms with E-state index in [0.29, 0.717) is 33.8 Å². The van der Waals surface area contributed by atoms with Crippen molar-refractivity contribution in [3.63, 3.8) is 0 Å². The maximum atomic E-state index is 11.1. The summed E-state index contributed by atoms with van der Waals surface area (Å²) in [5, 5.41) is 15.5. The predicted molar refractivity (Wildman–Crippen MR) is 193 cm³/mol. The fourth-order valence-electron chi connectivity index (χ4n) is 11.5. The van der Waals surface area contributed by atoms with Gasteiger partial charge in [-0.15, -0.1) is 0 Å². The highest BCUT2D eigenvalue weighted by atomic mass is 33.1. The van der Waals surface area contributed by atoms with Crippen molar-refractivity contribution in [2.45, 2.75) is 109 Å². The van der Waals surface area contributed by atoms with Crippen molar-refractivity contribution in [1.82, 2.24) is 5.32 Å². The van der Waals surface area contributed by atoms with Crippen LogP contribution in [-0.4, -0.2) is 22.2 Å². The van der Waals surface area contributed by atoms with Crippen LogP contribution in [0, 0.1) is 39.9 Å². The molecule has 5 bridgehead atoms. The summed E-state index contributed by atoms with van der Waals surface area (Å²) in [5.41, 5.74) is 6.46. The lowest BCUT2D eigenvalue weighted by Crippen LogP contribution is -2.61. The molecule has 2 nitrogen and oxygen atoms in total. The van der Waals surface area contributed by atoms with Gasteiger partial charge >= 0.3 is 0 Å². The van der Waals surface area contributed by atoms with Gasteiger partial charge in [-0.05, 0) is 140 Å². The van der Waals surface area contributed by atoms with Gasteiger partial charge in [0.25, 0.3) is 0 Å². The largest absolute Gasteiger partial charge is 0.508 e. The van der Waals surface area contributed by atoms with Gasteiger partial charge < -0.3 is 10.4 Å². The number of rotatable bonds is 0. The second kappa shape index (κ2) is 12.1. The smallest absolute Gasteiger partial charge is 0.116 e. The highest BCUT2D eigenvalue weighted by Gasteiger charge is 2.65. The van der Waals surface area contributed by atoms with Crippen molar-refractivity contribution in [2.24, 2.45) is 39.9 Å². The van der Waals surface area contributed by atoms with Gasteiger partial charge in [0, 0.05) is 29.0 Å². The highest BCUT2D eigenvalue weighted by molar-refractivity contribution is 8.77. The van der Waals surface area contributed by atoms with Crippen LogP contribution >= 0.6 is 21.6 Å². The Kier molecular flexibility index (Phi) is 8.27. The first-order valence-electron chi connectivity index (χ1n) is 18.1. The first kappa shape index (κ1) is 30.7. The van der Waals surface area contributed by atoms with Crippen LogP contribution < -0.4 is 5.32 Å². The van der Waals surface area contributed by atoms with E-state index < -0.39 is 0 Å². The third-order valence-electron chi connectivity index (χ3n) is 13.3. The zero-order chi connectivity index (χ0) is 30.6. The molecule has 2 aromatic carbocycles. The van der Waals surface area contributed by atoms with Crippen molar-refractivity contribution in [2.75, 3.05) is 5.75 Å². The molecule has 4 heteroatoms. The Labute approximate surface area is 280 Å². The zero-order valence-corrected chi connectivity index (χ0v) is 29.1. The first-order chi connectivity index (χ1) is 21.8. The molecule has 6 aliphatic rings. The zero-order valence-electron chi connectivity index (χ0n) is 27.5. The molecule has 2 N–H and O–H groups in total. The topological polar surface area (TPSA) is 32.3 Å². The second-order valence-corrected chi connectivity index (χ2v) is 19.0. The number of hydrogen-bond acceptors (Lipinski definition) is 4. The average molecular weight is 640 g/mol. The Morgan fingerprint density at radius 3 is 2.58 bits per heavy atom. The van der Waals surface area contributed by atoms with Crippen molar-refractivity contribution >= 4 is 21.6 Å². The Hall–Kier alpha value is -1.62. The van der Waals surface area contributed by atoms with E-state index in [1.807, 2.05) is 6.07 Å². The summed E-state index contributed by atoms with van der Waals surface area (Å²) in [6.07, 6.45) is 26.9. The fourth-order valence-corrected chi connectivity index (χ4v) is 14.6. The predicted octanol–water partition coefficient (Wildman–Crippen LogP) is 10.3. The molecule has 5 aliphatic carbocycles. The van der Waals surface area contributed by atoms with Crippen LogP contribution in [0.1, 0.15) is 100 Å². The number of hydrogen-bond donors (Lipinski definition) is 2. The normalized spacial score (nSPS) is 39.0. The number of allylic oxidation sites excluding steroid dienone is 3. The minimum absolute atomic E-state index is 0.275. The maximum absolute atomic E-state index is 11.1. The van der Waals surface area contributed by atoms with Crippen LogP contribution in [0.3, 0.4) is 0 Å². The van der Waals surface area contributed by atoms with E-state index in [9.17, 15) is 5.11 Å². The molecule has 2 aromatic rings. The lowest BCUT2D eigenvalue weighted by atomic mass is 9.36. The summed E-state index contributed by atoms with van der Waals surface area (Å²) >= 11 is 0. The molecule has 3 fully saturated rings. The SMILES string of the molecule is CC1CC=CC2(C1)CC1(CCCC1)CC1C3Cc4cc(O)cc(c4)Cc4ccccc4CNC(C)CSSC4C=CC12CC4C3. The molecular formula is C41H53NOS2. The minimum atomic E-state index is 0.275. The fraction of sp³-hybridized carbons (Fsp3) is 0.610. The molecule has 0 aromatic heterocycles. The molecule has 45 heavy (non-hydrogen) atoms. The van der Waals surface area contributed by atoms with Crippen LogP contribution in [-0.2, 0) is 19.4 Å². The van der Waals surface area contributed by atoms with Crippen molar-refractivity contribution in [3.05, 3.63) is 89.0 Å². The van der Waals surface area contributed by atoms with Crippen LogP contribution in [0.25, 0.3) is 0 Å². The molecule has 1 heterocycles. The molecule has 8 unspecified atom stereocenters. The Morgan fingerprint density at radius 1 is 0.911 bits per heavy atom. The van der Waals surface area contributed by atoms with Crippen LogP contribution in [0.5, 0.6) is 5.75 Å². The maximum Gasteiger partial charge on any atom is 0.116 e. The van der Waals surface area contributed by atoms with E-state index in [4.69, 9.17) is 0 Å². The van der Waals surface area contributed by atoms with E-state index in [0.717, 1.165) is 42.9 Å². The molecule has 0 amide bonds. The summed E-state index contributed by atoms with van der Waals surface area (Å²) < 4.78 is 0. The molecule has 8 atom stereocenters. The van der Waals surface area contributed by atoms with Crippen LogP contribution in [0.15, 0.2) is 66.8 Å². The number of phenolic OH excluding ortho intramolecular Hbond substituents is 1. The molecular weight excluding hydrogens is 587 g/mol. The molecule has 8 rings (SSSR count). The molecule has 3 saturated carbocycles. The van der Waals surface area contributed by atoms with Gasteiger partial charge in [0.05, 0.1) is 0 Å². The third-order valence-corrected chi connectivity index (χ3v) is 16.3. The van der Waals surface area contributed by atoms with Gasteiger partial charge in [0.2, 0.25) is 0 Å². The van der Waals surface area contributed by atoms with Crippen molar-refractivity contribution in [1.29, 1.82) is 0 Å². The van der Waals surface area contributed by atoms with Gasteiger partial charge in [-0.25, -0.2) is 0 Å². The molecule has 0 saturated heterocycles. The highest BCUT2D eigenvalue weighted by Crippen LogP contribution is 2.74. The van der Waals surface area contributed by atoms with Gasteiger partial charge in [0.15, 0.2) is 0 Å². The summed E-state index contributed by atoms with van der Waals surface area (Å²) in [4.78, 5) is 0. The van der Waals surface area contributed by atoms with E-state index in [-0.39, 0.29) is 5.41 Å². The van der Waals surface area contributed by atoms with Gasteiger partial charge in [-0.2, -0.15) is 0 Å². The van der Waals surface area contributed by atoms with Crippen LogP contribution in [0.4, 0.5) is 0 Å². The standard InChI is InChI=1S/C41H53NOS2/c1-28-8-7-14-40(22-28)27-39(12-5-6-13-39)24-37-34-18-31-16-30(19-36(43)20-31)17-32-9-3-4-10-33(32)25-42-29(2)26-44-45-38-11-15-41(37,40)23-35(38)21-34/h3-4,7,9-11,14-16,19-20,28-29,34-35,37-38,42-43H,5-6,8,12-13,17-18,21-27H2,1-2H3. The average Bonchev–Trinajstić information content (AvgIpc) is 3.46. The summed E-state index contributed by atoms with van der Waals surface area (Å²) in [6.45, 7) is 5.77. The Bertz CT molecular complexity index is 1460. The van der Waals surface area contributed by atoms with E-state index in [1.165, 1.54) is 86.5 Å². The number of benzene rings is 2. The lowest BCUT2D eigenvalue weighted by molar-refractivity contribution is -0.134. The lowest BCUT2D eigenvalue weighted by Gasteiger charge is -2.68. The minimum Gasteiger partial charge on any atom is -0.508 e. The van der Waals surface area contributed by atoms with Crippen molar-refractivity contribution in [3.8, 4) is 5.75 Å². The number of phenols is 1. The summed E-state index contributed by atoms with van der Waals surface area (Å²) in [5.74, 6) is 4.47. The first-order valence-corrected chi connectivity index (χ1v) is 20.5. The number of aromatic hydroxyl groups is 1. The summed E-state index contributed by atoms with van der Waals surface area (Å²) in [6, 6.07) is 15.9. The second-order valence-electron chi connectivity index (χ2n) is 16.4. The molecule has 1 aliphatic heterocycles. The van der Waals surface area contributed by atoms with Crippen molar-refractivity contribution < 1.29 is 5.11 Å². The molecule has 240 valence electrons.